The van der Waals surface area contributed by atoms with Gasteiger partial charge in [-0.2, -0.15) is 0 Å². The van der Waals surface area contributed by atoms with Gasteiger partial charge in [0.05, 0.1) is 11.5 Å². The standard InChI is InChI=1S/C17H19NO3S/c1-3-21-17(19)16(14-7-5-4-6-8-14)18-22(20)15-11-9-13(2)10-12-15/h4-12,16,18H,3H2,1-2H3. The lowest BCUT2D eigenvalue weighted by atomic mass is 10.1. The molecule has 0 aliphatic carbocycles. The van der Waals surface area contributed by atoms with E-state index < -0.39 is 23.0 Å². The number of carbonyl (C=O) groups is 1. The van der Waals surface area contributed by atoms with Gasteiger partial charge in [0.25, 0.3) is 0 Å². The van der Waals surface area contributed by atoms with Crippen molar-refractivity contribution in [2.24, 2.45) is 0 Å². The van der Waals surface area contributed by atoms with Crippen molar-refractivity contribution >= 4 is 17.0 Å². The van der Waals surface area contributed by atoms with Crippen molar-refractivity contribution in [3.8, 4) is 0 Å². The third kappa shape index (κ3) is 4.26. The van der Waals surface area contributed by atoms with Gasteiger partial charge in [-0.05, 0) is 31.5 Å². The Morgan fingerprint density at radius 2 is 1.77 bits per heavy atom. The summed E-state index contributed by atoms with van der Waals surface area (Å²) in [5.41, 5.74) is 1.81. The number of ether oxygens (including phenoxy) is 1. The van der Waals surface area contributed by atoms with Crippen molar-refractivity contribution in [2.75, 3.05) is 6.61 Å². The molecule has 0 fully saturated rings. The molecule has 2 unspecified atom stereocenters. The molecule has 0 saturated carbocycles. The molecule has 0 bridgehead atoms. The molecular formula is C17H19NO3S. The minimum atomic E-state index is -1.50. The predicted molar refractivity (Wildman–Crippen MR) is 86.5 cm³/mol. The molecule has 1 N–H and O–H groups in total. The second-order valence-electron chi connectivity index (χ2n) is 4.80. The maximum atomic E-state index is 12.4. The van der Waals surface area contributed by atoms with Gasteiger partial charge in [-0.1, -0.05) is 48.0 Å². The van der Waals surface area contributed by atoms with E-state index in [1.165, 1.54) is 0 Å². The lowest BCUT2D eigenvalue weighted by molar-refractivity contribution is -0.145. The maximum absolute atomic E-state index is 12.4. The van der Waals surface area contributed by atoms with E-state index in [0.717, 1.165) is 11.1 Å². The van der Waals surface area contributed by atoms with Gasteiger partial charge in [-0.3, -0.25) is 0 Å². The first-order chi connectivity index (χ1) is 10.6. The van der Waals surface area contributed by atoms with E-state index in [1.807, 2.05) is 37.3 Å². The van der Waals surface area contributed by atoms with E-state index in [2.05, 4.69) is 4.72 Å². The van der Waals surface area contributed by atoms with Crippen LogP contribution in [0, 0.1) is 6.92 Å². The van der Waals surface area contributed by atoms with Crippen LogP contribution >= 0.6 is 0 Å². The second kappa shape index (κ2) is 7.87. The van der Waals surface area contributed by atoms with Crippen molar-refractivity contribution in [2.45, 2.75) is 24.8 Å². The Labute approximate surface area is 133 Å². The van der Waals surface area contributed by atoms with Gasteiger partial charge in [0, 0.05) is 0 Å². The number of nitrogens with one attached hydrogen (secondary N) is 1. The number of carbonyl (C=O) groups excluding carboxylic acids is 1. The van der Waals surface area contributed by atoms with Gasteiger partial charge in [0.15, 0.2) is 0 Å². The zero-order valence-corrected chi connectivity index (χ0v) is 13.4. The molecule has 2 aromatic carbocycles. The number of hydrogen-bond acceptors (Lipinski definition) is 3. The monoisotopic (exact) mass is 317 g/mol. The minimum absolute atomic E-state index is 0.279. The smallest absolute Gasteiger partial charge is 0.328 e. The number of benzene rings is 2. The Kier molecular flexibility index (Phi) is 5.86. The number of esters is 1. The maximum Gasteiger partial charge on any atom is 0.328 e. The molecule has 0 spiro atoms. The predicted octanol–water partition coefficient (Wildman–Crippen LogP) is 2.91. The molecule has 2 atom stereocenters. The van der Waals surface area contributed by atoms with E-state index in [9.17, 15) is 9.00 Å². The highest BCUT2D eigenvalue weighted by molar-refractivity contribution is 7.83. The van der Waals surface area contributed by atoms with Crippen molar-refractivity contribution in [1.29, 1.82) is 0 Å². The summed E-state index contributed by atoms with van der Waals surface area (Å²) in [6.45, 7) is 3.99. The van der Waals surface area contributed by atoms with Crippen LogP contribution in [-0.2, 0) is 20.5 Å². The third-order valence-corrected chi connectivity index (χ3v) is 4.27. The van der Waals surface area contributed by atoms with Crippen molar-refractivity contribution in [3.05, 3.63) is 65.7 Å². The molecule has 0 aliphatic rings. The highest BCUT2D eigenvalue weighted by Crippen LogP contribution is 2.17. The zero-order chi connectivity index (χ0) is 15.9. The average Bonchev–Trinajstić information content (AvgIpc) is 2.54. The number of aryl methyl sites for hydroxylation is 1. The van der Waals surface area contributed by atoms with Crippen LogP contribution in [0.25, 0.3) is 0 Å². The van der Waals surface area contributed by atoms with Gasteiger partial charge in [-0.25, -0.2) is 13.7 Å². The molecule has 2 rings (SSSR count). The minimum Gasteiger partial charge on any atom is -0.465 e. The Balaban J connectivity index is 2.21. The summed E-state index contributed by atoms with van der Waals surface area (Å²) in [6, 6.07) is 15.7. The van der Waals surface area contributed by atoms with Crippen LogP contribution < -0.4 is 4.72 Å². The molecule has 0 heterocycles. The van der Waals surface area contributed by atoms with E-state index in [1.54, 1.807) is 31.2 Å². The fourth-order valence-electron chi connectivity index (χ4n) is 1.96. The zero-order valence-electron chi connectivity index (χ0n) is 12.6. The molecule has 4 nitrogen and oxygen atoms in total. The molecule has 2 aromatic rings. The van der Waals surface area contributed by atoms with Crippen LogP contribution in [0.5, 0.6) is 0 Å². The topological polar surface area (TPSA) is 55.4 Å². The average molecular weight is 317 g/mol. The summed E-state index contributed by atoms with van der Waals surface area (Å²) >= 11 is 0. The van der Waals surface area contributed by atoms with Gasteiger partial charge >= 0.3 is 5.97 Å². The molecule has 22 heavy (non-hydrogen) atoms. The second-order valence-corrected chi connectivity index (χ2v) is 6.04. The Bertz CT molecular complexity index is 641. The highest BCUT2D eigenvalue weighted by Gasteiger charge is 2.24. The normalized spacial score (nSPS) is 13.4. The van der Waals surface area contributed by atoms with E-state index in [0.29, 0.717) is 4.90 Å². The van der Waals surface area contributed by atoms with Gasteiger partial charge in [0.2, 0.25) is 0 Å². The lowest BCUT2D eigenvalue weighted by Crippen LogP contribution is -2.31. The number of hydrogen-bond donors (Lipinski definition) is 1. The lowest BCUT2D eigenvalue weighted by Gasteiger charge is -2.17. The Hall–Kier alpha value is -1.98. The van der Waals surface area contributed by atoms with Crippen LogP contribution in [0.4, 0.5) is 0 Å². The van der Waals surface area contributed by atoms with Crippen molar-refractivity contribution in [3.63, 3.8) is 0 Å². The molecule has 116 valence electrons. The molecule has 0 saturated heterocycles. The first-order valence-electron chi connectivity index (χ1n) is 7.08. The first kappa shape index (κ1) is 16.4. The van der Waals surface area contributed by atoms with Crippen LogP contribution in [0.15, 0.2) is 59.5 Å². The molecule has 0 amide bonds. The van der Waals surface area contributed by atoms with Gasteiger partial charge < -0.3 is 4.74 Å². The third-order valence-electron chi connectivity index (χ3n) is 3.12. The molecule has 0 aromatic heterocycles. The highest BCUT2D eigenvalue weighted by atomic mass is 32.2. The van der Waals surface area contributed by atoms with E-state index >= 15 is 0 Å². The van der Waals surface area contributed by atoms with Gasteiger partial charge in [-0.15, -0.1) is 0 Å². The van der Waals surface area contributed by atoms with Crippen molar-refractivity contribution in [1.82, 2.24) is 4.72 Å². The first-order valence-corrected chi connectivity index (χ1v) is 8.23. The molecule has 5 heteroatoms. The number of rotatable bonds is 6. The van der Waals surface area contributed by atoms with Crippen LogP contribution in [0.3, 0.4) is 0 Å². The van der Waals surface area contributed by atoms with E-state index in [4.69, 9.17) is 4.74 Å². The summed E-state index contributed by atoms with van der Waals surface area (Å²) in [5, 5.41) is 0. The summed E-state index contributed by atoms with van der Waals surface area (Å²) in [6.07, 6.45) is 0. The molecular weight excluding hydrogens is 298 g/mol. The summed E-state index contributed by atoms with van der Waals surface area (Å²) in [4.78, 5) is 12.8. The quantitative estimate of drug-likeness (QED) is 0.834. The van der Waals surface area contributed by atoms with Crippen LogP contribution in [0.1, 0.15) is 24.1 Å². The summed E-state index contributed by atoms with van der Waals surface area (Å²) in [7, 11) is -1.50. The fraction of sp³-hybridized carbons (Fsp3) is 0.235. The SMILES string of the molecule is CCOC(=O)C(NS(=O)c1ccc(C)cc1)c1ccccc1. The Morgan fingerprint density at radius 3 is 2.36 bits per heavy atom. The van der Waals surface area contributed by atoms with E-state index in [-0.39, 0.29) is 6.61 Å². The van der Waals surface area contributed by atoms with Gasteiger partial charge in [0.1, 0.15) is 17.0 Å². The summed E-state index contributed by atoms with van der Waals surface area (Å²) < 4.78 is 20.4. The molecule has 0 aliphatic heterocycles. The summed E-state index contributed by atoms with van der Waals surface area (Å²) in [5.74, 6) is -0.436. The molecule has 0 radical (unpaired) electrons. The Morgan fingerprint density at radius 1 is 1.14 bits per heavy atom. The van der Waals surface area contributed by atoms with Crippen LogP contribution in [0.2, 0.25) is 0 Å². The fourth-order valence-corrected chi connectivity index (χ4v) is 2.93. The van der Waals surface area contributed by atoms with Crippen LogP contribution in [-0.4, -0.2) is 16.8 Å². The van der Waals surface area contributed by atoms with Crippen molar-refractivity contribution < 1.29 is 13.7 Å². The largest absolute Gasteiger partial charge is 0.465 e.